The number of ether oxygens (including phenoxy) is 1. The van der Waals surface area contributed by atoms with Gasteiger partial charge in [0.05, 0.1) is 12.7 Å². The molecule has 0 radical (unpaired) electrons. The maximum Gasteiger partial charge on any atom is 0.254 e. The van der Waals surface area contributed by atoms with Gasteiger partial charge in [-0.2, -0.15) is 0 Å². The minimum Gasteiger partial charge on any atom is -0.497 e. The summed E-state index contributed by atoms with van der Waals surface area (Å²) in [6, 6.07) is 11.8. The van der Waals surface area contributed by atoms with Crippen molar-refractivity contribution in [3.8, 4) is 5.75 Å². The molecule has 0 unspecified atom stereocenters. The number of carbonyl (C=O) groups excluding carboxylic acids is 1. The molecule has 116 valence electrons. The first-order valence-electron chi connectivity index (χ1n) is 6.96. The summed E-state index contributed by atoms with van der Waals surface area (Å²) in [6.07, 6.45) is 1.60. The third-order valence-electron chi connectivity index (χ3n) is 3.26. The highest BCUT2D eigenvalue weighted by atomic mass is 35.5. The highest BCUT2D eigenvalue weighted by Crippen LogP contribution is 2.15. The fourth-order valence-electron chi connectivity index (χ4n) is 2.06. The molecule has 0 aromatic heterocycles. The molecule has 0 bridgehead atoms. The summed E-state index contributed by atoms with van der Waals surface area (Å²) in [6.45, 7) is 0.479. The van der Waals surface area contributed by atoms with Crippen LogP contribution in [0, 0.1) is 5.82 Å². The van der Waals surface area contributed by atoms with E-state index in [1.165, 1.54) is 12.1 Å². The Balaban J connectivity index is 1.79. The number of nitrogens with one attached hydrogen (secondary N) is 1. The summed E-state index contributed by atoms with van der Waals surface area (Å²) in [5.74, 6) is -0.223. The molecule has 0 aliphatic rings. The summed E-state index contributed by atoms with van der Waals surface area (Å²) in [5.41, 5.74) is 1.17. The van der Waals surface area contributed by atoms with Crippen LogP contribution in [-0.4, -0.2) is 19.6 Å². The molecule has 2 rings (SSSR count). The van der Waals surface area contributed by atoms with Gasteiger partial charge in [0.1, 0.15) is 11.6 Å². The Labute approximate surface area is 134 Å². The molecule has 22 heavy (non-hydrogen) atoms. The van der Waals surface area contributed by atoms with Crippen molar-refractivity contribution in [2.75, 3.05) is 13.7 Å². The van der Waals surface area contributed by atoms with Gasteiger partial charge in [0.15, 0.2) is 0 Å². The van der Waals surface area contributed by atoms with Crippen LogP contribution in [0.5, 0.6) is 5.75 Å². The van der Waals surface area contributed by atoms with Crippen molar-refractivity contribution in [3.05, 3.63) is 64.4 Å². The van der Waals surface area contributed by atoms with Gasteiger partial charge in [-0.15, -0.1) is 0 Å². The summed E-state index contributed by atoms with van der Waals surface area (Å²) in [7, 11) is 1.63. The molecule has 0 saturated carbocycles. The minimum absolute atomic E-state index is 0.00819. The Morgan fingerprint density at radius 3 is 2.59 bits per heavy atom. The Morgan fingerprint density at radius 2 is 1.95 bits per heavy atom. The molecule has 0 fully saturated rings. The molecule has 1 amide bonds. The summed E-state index contributed by atoms with van der Waals surface area (Å²) >= 11 is 5.66. The molecule has 0 aliphatic heterocycles. The Morgan fingerprint density at radius 1 is 1.23 bits per heavy atom. The average molecular weight is 322 g/mol. The van der Waals surface area contributed by atoms with Crippen molar-refractivity contribution in [2.24, 2.45) is 0 Å². The van der Waals surface area contributed by atoms with E-state index in [2.05, 4.69) is 5.32 Å². The molecule has 2 aromatic carbocycles. The zero-order valence-electron chi connectivity index (χ0n) is 12.2. The fourth-order valence-corrected chi connectivity index (χ4v) is 2.21. The predicted octanol–water partition coefficient (Wildman–Crippen LogP) is 3.85. The first-order valence-corrected chi connectivity index (χ1v) is 7.34. The molecular formula is C17H17ClFNO2. The van der Waals surface area contributed by atoms with E-state index in [1.807, 2.05) is 24.3 Å². The quantitative estimate of drug-likeness (QED) is 0.821. The standard InChI is InChI=1S/C17H17ClFNO2/c1-22-14-7-4-12(5-8-14)3-2-10-20-17(21)15-9-6-13(18)11-16(15)19/h4-9,11H,2-3,10H2,1H3,(H,20,21). The van der Waals surface area contributed by atoms with Gasteiger partial charge in [-0.1, -0.05) is 23.7 Å². The van der Waals surface area contributed by atoms with Gasteiger partial charge in [-0.3, -0.25) is 4.79 Å². The zero-order valence-corrected chi connectivity index (χ0v) is 13.0. The molecule has 0 atom stereocenters. The molecule has 0 spiro atoms. The van der Waals surface area contributed by atoms with E-state index >= 15 is 0 Å². The lowest BCUT2D eigenvalue weighted by molar-refractivity contribution is 0.0949. The molecule has 0 heterocycles. The van der Waals surface area contributed by atoms with Crippen LogP contribution in [-0.2, 0) is 6.42 Å². The van der Waals surface area contributed by atoms with Crippen molar-refractivity contribution < 1.29 is 13.9 Å². The second-order valence-corrected chi connectivity index (χ2v) is 5.27. The maximum absolute atomic E-state index is 13.6. The lowest BCUT2D eigenvalue weighted by Crippen LogP contribution is -2.25. The van der Waals surface area contributed by atoms with Crippen LogP contribution in [0.1, 0.15) is 22.3 Å². The van der Waals surface area contributed by atoms with Gasteiger partial charge in [0.2, 0.25) is 0 Å². The predicted molar refractivity (Wildman–Crippen MR) is 85.1 cm³/mol. The van der Waals surface area contributed by atoms with E-state index in [9.17, 15) is 9.18 Å². The molecule has 1 N–H and O–H groups in total. The first-order chi connectivity index (χ1) is 10.6. The number of benzene rings is 2. The SMILES string of the molecule is COc1ccc(CCCNC(=O)c2ccc(Cl)cc2F)cc1. The monoisotopic (exact) mass is 321 g/mol. The summed E-state index contributed by atoms with van der Waals surface area (Å²) < 4.78 is 18.7. The van der Waals surface area contributed by atoms with E-state index in [0.717, 1.165) is 30.2 Å². The second-order valence-electron chi connectivity index (χ2n) is 4.83. The highest BCUT2D eigenvalue weighted by molar-refractivity contribution is 6.30. The fraction of sp³-hybridized carbons (Fsp3) is 0.235. The number of hydrogen-bond acceptors (Lipinski definition) is 2. The normalized spacial score (nSPS) is 10.3. The van der Waals surface area contributed by atoms with Crippen molar-refractivity contribution in [2.45, 2.75) is 12.8 Å². The molecular weight excluding hydrogens is 305 g/mol. The van der Waals surface area contributed by atoms with Crippen LogP contribution in [0.2, 0.25) is 5.02 Å². The van der Waals surface area contributed by atoms with Crippen molar-refractivity contribution in [3.63, 3.8) is 0 Å². The number of carbonyl (C=O) groups is 1. The van der Waals surface area contributed by atoms with Crippen molar-refractivity contribution in [1.29, 1.82) is 0 Å². The maximum atomic E-state index is 13.6. The van der Waals surface area contributed by atoms with E-state index in [4.69, 9.17) is 16.3 Å². The number of methoxy groups -OCH3 is 1. The largest absolute Gasteiger partial charge is 0.497 e. The van der Waals surface area contributed by atoms with Gasteiger partial charge in [0, 0.05) is 11.6 Å². The van der Waals surface area contributed by atoms with Crippen LogP contribution < -0.4 is 10.1 Å². The van der Waals surface area contributed by atoms with Gasteiger partial charge in [0.25, 0.3) is 5.91 Å². The number of hydrogen-bond donors (Lipinski definition) is 1. The van der Waals surface area contributed by atoms with Crippen LogP contribution >= 0.6 is 11.6 Å². The number of rotatable bonds is 6. The average Bonchev–Trinajstić information content (AvgIpc) is 2.52. The van der Waals surface area contributed by atoms with Crippen molar-refractivity contribution in [1.82, 2.24) is 5.32 Å². The van der Waals surface area contributed by atoms with E-state index < -0.39 is 11.7 Å². The van der Waals surface area contributed by atoms with Crippen molar-refractivity contribution >= 4 is 17.5 Å². The van der Waals surface area contributed by atoms with E-state index in [1.54, 1.807) is 7.11 Å². The van der Waals surface area contributed by atoms with Crippen LogP contribution in [0.3, 0.4) is 0 Å². The number of amides is 1. The molecule has 0 saturated heterocycles. The Hall–Kier alpha value is -2.07. The first kappa shape index (κ1) is 16.3. The number of halogens is 2. The number of aryl methyl sites for hydroxylation is 1. The zero-order chi connectivity index (χ0) is 15.9. The molecule has 0 aliphatic carbocycles. The lowest BCUT2D eigenvalue weighted by atomic mass is 10.1. The van der Waals surface area contributed by atoms with Gasteiger partial charge >= 0.3 is 0 Å². The van der Waals surface area contributed by atoms with Crippen LogP contribution in [0.4, 0.5) is 4.39 Å². The van der Waals surface area contributed by atoms with E-state index in [0.29, 0.717) is 6.54 Å². The molecule has 2 aromatic rings. The molecule has 3 nitrogen and oxygen atoms in total. The Bertz CT molecular complexity index is 644. The Kier molecular flexibility index (Phi) is 5.78. The third-order valence-corrected chi connectivity index (χ3v) is 3.50. The van der Waals surface area contributed by atoms with Crippen LogP contribution in [0.25, 0.3) is 0 Å². The van der Waals surface area contributed by atoms with Gasteiger partial charge < -0.3 is 10.1 Å². The van der Waals surface area contributed by atoms with Gasteiger partial charge in [-0.05, 0) is 48.7 Å². The van der Waals surface area contributed by atoms with Gasteiger partial charge in [-0.25, -0.2) is 4.39 Å². The smallest absolute Gasteiger partial charge is 0.254 e. The highest BCUT2D eigenvalue weighted by Gasteiger charge is 2.11. The summed E-state index contributed by atoms with van der Waals surface area (Å²) in [5, 5.41) is 2.98. The van der Waals surface area contributed by atoms with E-state index in [-0.39, 0.29) is 10.6 Å². The third kappa shape index (κ3) is 4.46. The summed E-state index contributed by atoms with van der Waals surface area (Å²) in [4.78, 5) is 11.9. The topological polar surface area (TPSA) is 38.3 Å². The molecule has 5 heteroatoms. The van der Waals surface area contributed by atoms with Crippen LogP contribution in [0.15, 0.2) is 42.5 Å². The lowest BCUT2D eigenvalue weighted by Gasteiger charge is -2.07. The minimum atomic E-state index is -0.611. The second kappa shape index (κ2) is 7.80.